The van der Waals surface area contributed by atoms with Gasteiger partial charge in [0.2, 0.25) is 5.60 Å². The highest BCUT2D eigenvalue weighted by Crippen LogP contribution is 2.38. The predicted molar refractivity (Wildman–Crippen MR) is 110 cm³/mol. The van der Waals surface area contributed by atoms with Crippen molar-refractivity contribution in [2.75, 3.05) is 22.8 Å². The number of alkyl halides is 6. The van der Waals surface area contributed by atoms with Crippen molar-refractivity contribution in [3.05, 3.63) is 42.5 Å². The summed E-state index contributed by atoms with van der Waals surface area (Å²) in [5.74, 6) is -0.699. The van der Waals surface area contributed by atoms with Crippen molar-refractivity contribution in [3.63, 3.8) is 0 Å². The lowest BCUT2D eigenvalue weighted by molar-refractivity contribution is -0.274. The van der Waals surface area contributed by atoms with Gasteiger partial charge in [0.25, 0.3) is 10.0 Å². The molecule has 0 bridgehead atoms. The van der Waals surface area contributed by atoms with E-state index in [0.717, 1.165) is 28.6 Å². The summed E-state index contributed by atoms with van der Waals surface area (Å²) in [5.41, 5.74) is -3.02. The van der Waals surface area contributed by atoms with Crippen molar-refractivity contribution in [1.82, 2.24) is 0 Å². The number of amides is 1. The molecule has 3 rings (SSSR count). The average Bonchev–Trinajstić information content (AvgIpc) is 2.71. The Morgan fingerprint density at radius 2 is 1.74 bits per heavy atom. The molecule has 0 atom stereocenters. The van der Waals surface area contributed by atoms with Crippen LogP contribution in [0.2, 0.25) is 0 Å². The van der Waals surface area contributed by atoms with Crippen LogP contribution in [0.25, 0.3) is 0 Å². The van der Waals surface area contributed by atoms with E-state index in [1.807, 2.05) is 0 Å². The summed E-state index contributed by atoms with van der Waals surface area (Å²) in [6, 6.07) is 7.37. The molecule has 0 saturated heterocycles. The number of nitrogens with one attached hydrogen (secondary N) is 1. The maximum Gasteiger partial charge on any atom is 0.573 e. The fourth-order valence-electron chi connectivity index (χ4n) is 2.91. The normalized spacial score (nSPS) is 14.6. The van der Waals surface area contributed by atoms with Gasteiger partial charge < -0.3 is 14.2 Å². The molecule has 1 heterocycles. The number of carbonyl (C=O) groups excluding carboxylic acids is 1. The van der Waals surface area contributed by atoms with Crippen LogP contribution in [-0.4, -0.2) is 45.8 Å². The SMILES string of the molecule is CC(C)(OC(=O)Nc1ccc2c(c1)N(S(=O)(=O)c1cccc(OC(F)(F)F)c1)CCO2)C(F)(F)F. The number of halogens is 6. The van der Waals surface area contributed by atoms with E-state index < -0.39 is 44.9 Å². The Hall–Kier alpha value is -3.36. The van der Waals surface area contributed by atoms with E-state index in [4.69, 9.17) is 4.74 Å². The first kappa shape index (κ1) is 26.2. The van der Waals surface area contributed by atoms with Gasteiger partial charge in [0, 0.05) is 11.8 Å². The number of nitrogens with zero attached hydrogens (tertiary/aromatic N) is 1. The first-order valence-corrected chi connectivity index (χ1v) is 11.2. The van der Waals surface area contributed by atoms with Gasteiger partial charge >= 0.3 is 18.6 Å². The van der Waals surface area contributed by atoms with Crippen molar-refractivity contribution in [2.45, 2.75) is 36.9 Å². The lowest BCUT2D eigenvalue weighted by atomic mass is 10.1. The summed E-state index contributed by atoms with van der Waals surface area (Å²) in [4.78, 5) is 11.5. The molecule has 0 fully saturated rings. The zero-order chi connectivity index (χ0) is 26.2. The highest BCUT2D eigenvalue weighted by atomic mass is 32.2. The number of carbonyl (C=O) groups is 1. The van der Waals surface area contributed by atoms with Crippen molar-refractivity contribution < 1.29 is 53.8 Å². The van der Waals surface area contributed by atoms with Gasteiger partial charge in [0.05, 0.1) is 17.1 Å². The molecule has 0 unspecified atom stereocenters. The number of anilines is 2. The molecule has 1 N–H and O–H groups in total. The Morgan fingerprint density at radius 3 is 2.37 bits per heavy atom. The lowest BCUT2D eigenvalue weighted by Gasteiger charge is -2.31. The maximum absolute atomic E-state index is 13.2. The molecule has 1 amide bonds. The van der Waals surface area contributed by atoms with E-state index in [1.165, 1.54) is 12.1 Å². The van der Waals surface area contributed by atoms with Crippen molar-refractivity contribution in [1.29, 1.82) is 0 Å². The molecule has 1 aliphatic rings. The number of ether oxygens (including phenoxy) is 3. The molecule has 15 heteroatoms. The second kappa shape index (κ2) is 9.02. The van der Waals surface area contributed by atoms with Crippen LogP contribution in [-0.2, 0) is 14.8 Å². The molecule has 35 heavy (non-hydrogen) atoms. The zero-order valence-corrected chi connectivity index (χ0v) is 18.8. The number of sulfonamides is 1. The third-order valence-electron chi connectivity index (χ3n) is 4.68. The molecular weight excluding hydrogens is 510 g/mol. The summed E-state index contributed by atoms with van der Waals surface area (Å²) >= 11 is 0. The first-order chi connectivity index (χ1) is 16.0. The molecule has 8 nitrogen and oxygen atoms in total. The third-order valence-corrected chi connectivity index (χ3v) is 6.49. The van der Waals surface area contributed by atoms with Gasteiger partial charge in [-0.2, -0.15) is 13.2 Å². The Kier molecular flexibility index (Phi) is 6.76. The summed E-state index contributed by atoms with van der Waals surface area (Å²) in [6.45, 7) is 0.963. The predicted octanol–water partition coefficient (Wildman–Crippen LogP) is 5.06. The molecule has 0 saturated carbocycles. The van der Waals surface area contributed by atoms with Crippen LogP contribution in [0.15, 0.2) is 47.4 Å². The fourth-order valence-corrected chi connectivity index (χ4v) is 4.40. The second-order valence-electron chi connectivity index (χ2n) is 7.65. The van der Waals surface area contributed by atoms with Gasteiger partial charge in [-0.1, -0.05) is 6.07 Å². The van der Waals surface area contributed by atoms with E-state index in [2.05, 4.69) is 14.8 Å². The van der Waals surface area contributed by atoms with Crippen LogP contribution < -0.4 is 19.1 Å². The molecular formula is C20H18F6N2O6S. The zero-order valence-electron chi connectivity index (χ0n) is 18.0. The molecule has 2 aromatic carbocycles. The minimum atomic E-state index is -5.04. The Morgan fingerprint density at radius 1 is 1.06 bits per heavy atom. The van der Waals surface area contributed by atoms with Crippen LogP contribution in [0.5, 0.6) is 11.5 Å². The van der Waals surface area contributed by atoms with Crippen molar-refractivity contribution in [2.24, 2.45) is 0 Å². The highest BCUT2D eigenvalue weighted by molar-refractivity contribution is 7.92. The Balaban J connectivity index is 1.89. The van der Waals surface area contributed by atoms with Gasteiger partial charge in [-0.3, -0.25) is 9.62 Å². The first-order valence-electron chi connectivity index (χ1n) is 9.72. The molecule has 1 aliphatic heterocycles. The molecule has 0 radical (unpaired) electrons. The van der Waals surface area contributed by atoms with Gasteiger partial charge in [-0.25, -0.2) is 13.2 Å². The summed E-state index contributed by atoms with van der Waals surface area (Å²) in [7, 11) is -4.43. The van der Waals surface area contributed by atoms with E-state index in [0.29, 0.717) is 19.9 Å². The summed E-state index contributed by atoms with van der Waals surface area (Å²) < 4.78 is 117. The summed E-state index contributed by atoms with van der Waals surface area (Å²) in [6.07, 6.45) is -11.3. The molecule has 192 valence electrons. The number of benzene rings is 2. The van der Waals surface area contributed by atoms with Crippen LogP contribution in [0.1, 0.15) is 13.8 Å². The Labute approximate surface area is 195 Å². The number of hydrogen-bond donors (Lipinski definition) is 1. The minimum absolute atomic E-state index is 0.0528. The smallest absolute Gasteiger partial charge is 0.489 e. The molecule has 0 aromatic heterocycles. The quantitative estimate of drug-likeness (QED) is 0.546. The van der Waals surface area contributed by atoms with E-state index >= 15 is 0 Å². The van der Waals surface area contributed by atoms with E-state index in [-0.39, 0.29) is 30.3 Å². The van der Waals surface area contributed by atoms with Crippen LogP contribution in [0.4, 0.5) is 42.5 Å². The number of hydrogen-bond acceptors (Lipinski definition) is 6. The molecule has 0 aliphatic carbocycles. The number of rotatable bonds is 5. The van der Waals surface area contributed by atoms with Crippen LogP contribution >= 0.6 is 0 Å². The van der Waals surface area contributed by atoms with Crippen LogP contribution in [0.3, 0.4) is 0 Å². The average molecular weight is 528 g/mol. The second-order valence-corrected chi connectivity index (χ2v) is 9.52. The van der Waals surface area contributed by atoms with E-state index in [9.17, 15) is 39.6 Å². The van der Waals surface area contributed by atoms with Gasteiger partial charge in [0.15, 0.2) is 0 Å². The fraction of sp³-hybridized carbons (Fsp3) is 0.350. The monoisotopic (exact) mass is 528 g/mol. The molecule has 2 aromatic rings. The Bertz CT molecular complexity index is 1210. The summed E-state index contributed by atoms with van der Waals surface area (Å²) in [5, 5.41) is 2.08. The lowest BCUT2D eigenvalue weighted by Crippen LogP contribution is -2.44. The standard InChI is InChI=1S/C20H18F6N2O6S/c1-18(2,19(21,22)23)34-17(29)27-12-6-7-16-15(10-12)28(8-9-32-16)35(30,31)14-5-3-4-13(11-14)33-20(24,25)26/h3-7,10-11H,8-9H2,1-2H3,(H,27,29). The van der Waals surface area contributed by atoms with Gasteiger partial charge in [0.1, 0.15) is 18.1 Å². The van der Waals surface area contributed by atoms with Crippen molar-refractivity contribution >= 4 is 27.5 Å². The van der Waals surface area contributed by atoms with Crippen LogP contribution in [0, 0.1) is 0 Å². The van der Waals surface area contributed by atoms with Gasteiger partial charge in [-0.05, 0) is 44.2 Å². The highest BCUT2D eigenvalue weighted by Gasteiger charge is 2.51. The van der Waals surface area contributed by atoms with E-state index in [1.54, 1.807) is 0 Å². The third kappa shape index (κ3) is 6.01. The largest absolute Gasteiger partial charge is 0.573 e. The topological polar surface area (TPSA) is 94.2 Å². The maximum atomic E-state index is 13.2. The number of fused-ring (bicyclic) bond motifs is 1. The minimum Gasteiger partial charge on any atom is -0.489 e. The molecule has 0 spiro atoms. The van der Waals surface area contributed by atoms with Gasteiger partial charge in [-0.15, -0.1) is 13.2 Å². The van der Waals surface area contributed by atoms with Crippen molar-refractivity contribution in [3.8, 4) is 11.5 Å².